The van der Waals surface area contributed by atoms with E-state index in [1.165, 1.54) is 36.4 Å². The molecular weight excluding hydrogens is 358 g/mol. The van der Waals surface area contributed by atoms with Crippen LogP contribution in [0.1, 0.15) is 21.5 Å². The van der Waals surface area contributed by atoms with Crippen molar-refractivity contribution in [3.05, 3.63) is 64.7 Å². The first kappa shape index (κ1) is 18.8. The summed E-state index contributed by atoms with van der Waals surface area (Å²) in [6.45, 7) is 0.419. The summed E-state index contributed by atoms with van der Waals surface area (Å²) in [5.74, 6) is -1.12. The van der Waals surface area contributed by atoms with E-state index in [0.29, 0.717) is 23.3 Å². The maximum absolute atomic E-state index is 13.7. The smallest absolute Gasteiger partial charge is 0.251 e. The van der Waals surface area contributed by atoms with Crippen molar-refractivity contribution in [2.45, 2.75) is 13.0 Å². The highest BCUT2D eigenvalue weighted by Crippen LogP contribution is 2.29. The predicted octanol–water partition coefficient (Wildman–Crippen LogP) is 1.92. The van der Waals surface area contributed by atoms with E-state index in [2.05, 4.69) is 10.6 Å². The summed E-state index contributed by atoms with van der Waals surface area (Å²) in [5.41, 5.74) is 1.54. The average Bonchev–Trinajstić information content (AvgIpc) is 2.66. The Morgan fingerprint density at radius 2 is 1.81 bits per heavy atom. The highest BCUT2D eigenvalue weighted by atomic mass is 19.1. The van der Waals surface area contributed by atoms with Gasteiger partial charge in [-0.2, -0.15) is 0 Å². The first-order valence-electron chi connectivity index (χ1n) is 8.35. The van der Waals surface area contributed by atoms with Crippen LogP contribution in [0.4, 0.5) is 8.78 Å². The number of fused-ring (bicyclic) bond motifs is 1. The number of amides is 2. The molecule has 0 radical (unpaired) electrons. The number of carbonyl (C=O) groups is 2. The number of halogens is 2. The van der Waals surface area contributed by atoms with E-state index in [0.717, 1.165) is 0 Å². The molecule has 1 heterocycles. The first-order chi connectivity index (χ1) is 13.0. The zero-order valence-corrected chi connectivity index (χ0v) is 14.4. The molecule has 0 aromatic heterocycles. The van der Waals surface area contributed by atoms with Crippen LogP contribution in [0.25, 0.3) is 0 Å². The zero-order valence-electron chi connectivity index (χ0n) is 14.4. The van der Waals surface area contributed by atoms with Crippen molar-refractivity contribution in [3.8, 4) is 5.75 Å². The summed E-state index contributed by atoms with van der Waals surface area (Å²) in [4.78, 5) is 23.7. The van der Waals surface area contributed by atoms with Crippen LogP contribution in [-0.2, 0) is 22.6 Å². The molecule has 0 atom stereocenters. The van der Waals surface area contributed by atoms with Crippen LogP contribution in [0, 0.1) is 11.6 Å². The molecule has 2 aromatic carbocycles. The number of ether oxygens (including phenoxy) is 2. The number of hydrogen-bond acceptors (Lipinski definition) is 4. The molecule has 3 rings (SSSR count). The third-order valence-corrected chi connectivity index (χ3v) is 3.98. The molecule has 1 aliphatic heterocycles. The van der Waals surface area contributed by atoms with E-state index in [-0.39, 0.29) is 38.0 Å². The van der Waals surface area contributed by atoms with Crippen molar-refractivity contribution in [3.63, 3.8) is 0 Å². The van der Waals surface area contributed by atoms with Gasteiger partial charge in [-0.1, -0.05) is 0 Å². The summed E-state index contributed by atoms with van der Waals surface area (Å²) >= 11 is 0. The summed E-state index contributed by atoms with van der Waals surface area (Å²) in [6.07, 6.45) is 0.373. The van der Waals surface area contributed by atoms with Gasteiger partial charge in [-0.3, -0.25) is 9.59 Å². The van der Waals surface area contributed by atoms with Crippen molar-refractivity contribution < 1.29 is 27.8 Å². The van der Waals surface area contributed by atoms with Crippen molar-refractivity contribution in [1.82, 2.24) is 10.6 Å². The van der Waals surface area contributed by atoms with Gasteiger partial charge in [0.25, 0.3) is 5.91 Å². The van der Waals surface area contributed by atoms with Gasteiger partial charge in [-0.05, 0) is 48.4 Å². The van der Waals surface area contributed by atoms with Crippen LogP contribution in [0.2, 0.25) is 0 Å². The molecule has 8 heteroatoms. The Labute approximate surface area is 154 Å². The van der Waals surface area contributed by atoms with Gasteiger partial charge in [0.15, 0.2) is 6.79 Å². The van der Waals surface area contributed by atoms with Gasteiger partial charge in [0, 0.05) is 17.7 Å². The highest BCUT2D eigenvalue weighted by molar-refractivity contribution is 5.96. The van der Waals surface area contributed by atoms with Crippen LogP contribution < -0.4 is 15.4 Å². The normalized spacial score (nSPS) is 12.7. The van der Waals surface area contributed by atoms with Crippen molar-refractivity contribution in [2.75, 3.05) is 19.9 Å². The van der Waals surface area contributed by atoms with E-state index in [4.69, 9.17) is 9.47 Å². The molecule has 0 unspecified atom stereocenters. The summed E-state index contributed by atoms with van der Waals surface area (Å²) in [7, 11) is 0. The second-order valence-corrected chi connectivity index (χ2v) is 5.95. The number of benzene rings is 2. The Morgan fingerprint density at radius 1 is 1.04 bits per heavy atom. The van der Waals surface area contributed by atoms with Gasteiger partial charge in [-0.15, -0.1) is 0 Å². The van der Waals surface area contributed by atoms with E-state index in [1.807, 2.05) is 0 Å². The van der Waals surface area contributed by atoms with Crippen LogP contribution in [0.3, 0.4) is 0 Å². The maximum Gasteiger partial charge on any atom is 0.251 e. The fraction of sp³-hybridized carbons (Fsp3) is 0.263. The minimum absolute atomic E-state index is 0.105. The summed E-state index contributed by atoms with van der Waals surface area (Å²) in [6, 6.07) is 7.73. The van der Waals surface area contributed by atoms with E-state index >= 15 is 0 Å². The lowest BCUT2D eigenvalue weighted by Gasteiger charge is -2.21. The summed E-state index contributed by atoms with van der Waals surface area (Å²) in [5, 5.41) is 5.10. The molecule has 1 aliphatic rings. The second-order valence-electron chi connectivity index (χ2n) is 5.95. The Bertz CT molecular complexity index is 840. The Balaban J connectivity index is 1.47. The van der Waals surface area contributed by atoms with Gasteiger partial charge in [0.05, 0.1) is 13.2 Å². The monoisotopic (exact) mass is 376 g/mol. The van der Waals surface area contributed by atoms with E-state index in [1.54, 1.807) is 0 Å². The van der Waals surface area contributed by atoms with Gasteiger partial charge >= 0.3 is 0 Å². The minimum Gasteiger partial charge on any atom is -0.467 e. The standard InChI is InChI=1S/C19H18F2N2O4/c20-15-3-1-12(2-4-15)19(25)23-9-17(24)22-6-5-13-7-16(21)8-14-10-26-11-27-18(13)14/h1-4,7-8H,5-6,9-11H2,(H,22,24)(H,23,25). The van der Waals surface area contributed by atoms with Crippen LogP contribution >= 0.6 is 0 Å². The molecule has 0 saturated carbocycles. The lowest BCUT2D eigenvalue weighted by atomic mass is 10.1. The lowest BCUT2D eigenvalue weighted by molar-refractivity contribution is -0.120. The largest absolute Gasteiger partial charge is 0.467 e. The Kier molecular flexibility index (Phi) is 5.97. The quantitative estimate of drug-likeness (QED) is 0.808. The fourth-order valence-corrected chi connectivity index (χ4v) is 2.71. The maximum atomic E-state index is 13.7. The summed E-state index contributed by atoms with van der Waals surface area (Å²) < 4.78 is 37.1. The molecule has 2 amide bonds. The molecule has 0 aliphatic carbocycles. The minimum atomic E-state index is -0.474. The van der Waals surface area contributed by atoms with Crippen molar-refractivity contribution in [1.29, 1.82) is 0 Å². The molecule has 2 N–H and O–H groups in total. The van der Waals surface area contributed by atoms with Gasteiger partial charge < -0.3 is 20.1 Å². The highest BCUT2D eigenvalue weighted by Gasteiger charge is 2.17. The number of rotatable bonds is 6. The topological polar surface area (TPSA) is 76.7 Å². The second kappa shape index (κ2) is 8.59. The fourth-order valence-electron chi connectivity index (χ4n) is 2.71. The SMILES string of the molecule is O=C(CNC(=O)c1ccc(F)cc1)NCCc1cc(F)cc2c1OCOC2. The lowest BCUT2D eigenvalue weighted by Crippen LogP contribution is -2.37. The molecule has 6 nitrogen and oxygen atoms in total. The number of carbonyl (C=O) groups excluding carboxylic acids is 2. The molecular formula is C19H18F2N2O4. The number of nitrogens with one attached hydrogen (secondary N) is 2. The van der Waals surface area contributed by atoms with E-state index in [9.17, 15) is 18.4 Å². The molecule has 142 valence electrons. The molecule has 0 bridgehead atoms. The third-order valence-electron chi connectivity index (χ3n) is 3.98. The van der Waals surface area contributed by atoms with Gasteiger partial charge in [0.2, 0.25) is 5.91 Å². The third kappa shape index (κ3) is 5.01. The van der Waals surface area contributed by atoms with Crippen LogP contribution in [-0.4, -0.2) is 31.7 Å². The van der Waals surface area contributed by atoms with E-state index < -0.39 is 17.5 Å². The molecule has 2 aromatic rings. The van der Waals surface area contributed by atoms with Crippen LogP contribution in [0.15, 0.2) is 36.4 Å². The van der Waals surface area contributed by atoms with Crippen molar-refractivity contribution >= 4 is 11.8 Å². The molecule has 27 heavy (non-hydrogen) atoms. The Morgan fingerprint density at radius 3 is 2.59 bits per heavy atom. The molecule has 0 fully saturated rings. The Hall–Kier alpha value is -3.00. The van der Waals surface area contributed by atoms with Gasteiger partial charge in [0.1, 0.15) is 17.4 Å². The van der Waals surface area contributed by atoms with Crippen molar-refractivity contribution in [2.24, 2.45) is 0 Å². The first-order valence-corrected chi connectivity index (χ1v) is 8.35. The number of hydrogen-bond donors (Lipinski definition) is 2. The predicted molar refractivity (Wildman–Crippen MR) is 92.1 cm³/mol. The van der Waals surface area contributed by atoms with Crippen LogP contribution in [0.5, 0.6) is 5.75 Å². The zero-order chi connectivity index (χ0) is 19.2. The van der Waals surface area contributed by atoms with Gasteiger partial charge in [-0.25, -0.2) is 8.78 Å². The molecule has 0 saturated heterocycles. The average molecular weight is 376 g/mol. The molecule has 0 spiro atoms.